The number of piperazine rings is 1. The number of rotatable bonds is 2. The molecule has 3 nitrogen and oxygen atoms in total. The molecule has 2 fully saturated rings. The highest BCUT2D eigenvalue weighted by Gasteiger charge is 2.21. The van der Waals surface area contributed by atoms with Crippen molar-refractivity contribution >= 4 is 0 Å². The van der Waals surface area contributed by atoms with Crippen LogP contribution in [0, 0.1) is 0 Å². The average Bonchev–Trinajstić information content (AvgIpc) is 2.19. The van der Waals surface area contributed by atoms with E-state index in [0.717, 1.165) is 19.7 Å². The standard InChI is InChI=1S/C11H22N2O/c1-10-8-13(6-5-12-10)9-11-4-2-3-7-14-11/h10-12H,2-9H2,1H3. The molecule has 14 heavy (non-hydrogen) atoms. The van der Waals surface area contributed by atoms with Crippen molar-refractivity contribution in [2.75, 3.05) is 32.8 Å². The van der Waals surface area contributed by atoms with Crippen molar-refractivity contribution in [2.24, 2.45) is 0 Å². The fourth-order valence-electron chi connectivity index (χ4n) is 2.42. The summed E-state index contributed by atoms with van der Waals surface area (Å²) in [4.78, 5) is 2.54. The highest BCUT2D eigenvalue weighted by Crippen LogP contribution is 2.14. The number of hydrogen-bond donors (Lipinski definition) is 1. The third-order valence-electron chi connectivity index (χ3n) is 3.19. The van der Waals surface area contributed by atoms with Gasteiger partial charge in [0.1, 0.15) is 0 Å². The zero-order chi connectivity index (χ0) is 9.80. The molecule has 2 heterocycles. The van der Waals surface area contributed by atoms with Crippen LogP contribution >= 0.6 is 0 Å². The normalized spacial score (nSPS) is 35.8. The molecule has 82 valence electrons. The molecule has 0 aromatic heterocycles. The Morgan fingerprint density at radius 2 is 2.36 bits per heavy atom. The van der Waals surface area contributed by atoms with Gasteiger partial charge >= 0.3 is 0 Å². The van der Waals surface area contributed by atoms with Gasteiger partial charge in [-0.3, -0.25) is 4.90 Å². The summed E-state index contributed by atoms with van der Waals surface area (Å²) in [5, 5.41) is 3.47. The van der Waals surface area contributed by atoms with Gasteiger partial charge in [-0.05, 0) is 26.2 Å². The van der Waals surface area contributed by atoms with Crippen molar-refractivity contribution in [3.8, 4) is 0 Å². The van der Waals surface area contributed by atoms with E-state index in [2.05, 4.69) is 17.1 Å². The predicted molar refractivity (Wildman–Crippen MR) is 57.5 cm³/mol. The molecule has 0 aromatic carbocycles. The van der Waals surface area contributed by atoms with Crippen molar-refractivity contribution in [1.82, 2.24) is 10.2 Å². The molecule has 3 heteroatoms. The summed E-state index contributed by atoms with van der Waals surface area (Å²) in [7, 11) is 0. The second kappa shape index (κ2) is 5.10. The minimum Gasteiger partial charge on any atom is -0.377 e. The summed E-state index contributed by atoms with van der Waals surface area (Å²) >= 11 is 0. The van der Waals surface area contributed by atoms with Crippen LogP contribution < -0.4 is 5.32 Å². The van der Waals surface area contributed by atoms with Gasteiger partial charge in [-0.2, -0.15) is 0 Å². The van der Waals surface area contributed by atoms with Crippen molar-refractivity contribution in [3.63, 3.8) is 0 Å². The van der Waals surface area contributed by atoms with Crippen LogP contribution in [0.3, 0.4) is 0 Å². The zero-order valence-corrected chi connectivity index (χ0v) is 9.17. The van der Waals surface area contributed by atoms with Crippen LogP contribution in [0.25, 0.3) is 0 Å². The Morgan fingerprint density at radius 1 is 1.43 bits per heavy atom. The quantitative estimate of drug-likeness (QED) is 0.712. The number of nitrogens with zero attached hydrogens (tertiary/aromatic N) is 1. The Hall–Kier alpha value is -0.120. The maximum atomic E-state index is 5.75. The molecule has 0 spiro atoms. The number of ether oxygens (including phenoxy) is 1. The van der Waals surface area contributed by atoms with Crippen LogP contribution in [-0.4, -0.2) is 49.8 Å². The molecule has 0 aliphatic carbocycles. The Morgan fingerprint density at radius 3 is 3.07 bits per heavy atom. The molecule has 0 radical (unpaired) electrons. The van der Waals surface area contributed by atoms with Crippen molar-refractivity contribution in [3.05, 3.63) is 0 Å². The fraction of sp³-hybridized carbons (Fsp3) is 1.00. The molecule has 2 aliphatic heterocycles. The first-order valence-electron chi connectivity index (χ1n) is 5.92. The van der Waals surface area contributed by atoms with Gasteiger partial charge in [-0.25, -0.2) is 0 Å². The van der Waals surface area contributed by atoms with Crippen LogP contribution in [0.4, 0.5) is 0 Å². The molecular formula is C11H22N2O. The molecule has 2 unspecified atom stereocenters. The summed E-state index contributed by atoms with van der Waals surface area (Å²) < 4.78 is 5.75. The summed E-state index contributed by atoms with van der Waals surface area (Å²) in [5.74, 6) is 0. The highest BCUT2D eigenvalue weighted by atomic mass is 16.5. The maximum Gasteiger partial charge on any atom is 0.0702 e. The minimum absolute atomic E-state index is 0.508. The molecular weight excluding hydrogens is 176 g/mol. The summed E-state index contributed by atoms with van der Waals surface area (Å²) in [5.41, 5.74) is 0. The summed E-state index contributed by atoms with van der Waals surface area (Å²) in [6.07, 6.45) is 4.38. The first-order valence-corrected chi connectivity index (χ1v) is 5.92. The second-order valence-corrected chi connectivity index (χ2v) is 4.60. The monoisotopic (exact) mass is 198 g/mol. The molecule has 0 saturated carbocycles. The molecule has 0 amide bonds. The molecule has 0 bridgehead atoms. The topological polar surface area (TPSA) is 24.5 Å². The molecule has 2 aliphatic rings. The third kappa shape index (κ3) is 2.94. The Kier molecular flexibility index (Phi) is 3.79. The van der Waals surface area contributed by atoms with E-state index in [4.69, 9.17) is 4.74 Å². The van der Waals surface area contributed by atoms with Gasteiger partial charge in [0.15, 0.2) is 0 Å². The van der Waals surface area contributed by atoms with Crippen molar-refractivity contribution in [2.45, 2.75) is 38.3 Å². The lowest BCUT2D eigenvalue weighted by Gasteiger charge is -2.35. The van der Waals surface area contributed by atoms with Gasteiger partial charge < -0.3 is 10.1 Å². The van der Waals surface area contributed by atoms with Gasteiger partial charge in [0.2, 0.25) is 0 Å². The van der Waals surface area contributed by atoms with E-state index in [1.165, 1.54) is 32.4 Å². The smallest absolute Gasteiger partial charge is 0.0702 e. The lowest BCUT2D eigenvalue weighted by atomic mass is 10.1. The number of hydrogen-bond acceptors (Lipinski definition) is 3. The molecule has 1 N–H and O–H groups in total. The average molecular weight is 198 g/mol. The Bertz CT molecular complexity index is 169. The van der Waals surface area contributed by atoms with E-state index in [9.17, 15) is 0 Å². The van der Waals surface area contributed by atoms with Crippen LogP contribution in [0.1, 0.15) is 26.2 Å². The van der Waals surface area contributed by atoms with Crippen LogP contribution in [0.15, 0.2) is 0 Å². The fourth-order valence-corrected chi connectivity index (χ4v) is 2.42. The lowest BCUT2D eigenvalue weighted by molar-refractivity contribution is -0.00964. The van der Waals surface area contributed by atoms with Crippen molar-refractivity contribution < 1.29 is 4.74 Å². The van der Waals surface area contributed by atoms with E-state index < -0.39 is 0 Å². The predicted octanol–water partition coefficient (Wildman–Crippen LogP) is 0.849. The lowest BCUT2D eigenvalue weighted by Crippen LogP contribution is -2.51. The van der Waals surface area contributed by atoms with Crippen LogP contribution in [0.5, 0.6) is 0 Å². The van der Waals surface area contributed by atoms with Gasteiger partial charge in [0, 0.05) is 38.8 Å². The first-order chi connectivity index (χ1) is 6.84. The summed E-state index contributed by atoms with van der Waals surface area (Å²) in [6.45, 7) is 7.88. The SMILES string of the molecule is CC1CN(CC2CCCCO2)CCN1. The van der Waals surface area contributed by atoms with Gasteiger partial charge in [-0.1, -0.05) is 0 Å². The Balaban J connectivity index is 1.72. The maximum absolute atomic E-state index is 5.75. The van der Waals surface area contributed by atoms with Gasteiger partial charge in [0.05, 0.1) is 6.10 Å². The van der Waals surface area contributed by atoms with E-state index >= 15 is 0 Å². The van der Waals surface area contributed by atoms with E-state index in [1.54, 1.807) is 0 Å². The van der Waals surface area contributed by atoms with E-state index in [0.29, 0.717) is 12.1 Å². The minimum atomic E-state index is 0.508. The second-order valence-electron chi connectivity index (χ2n) is 4.60. The number of nitrogens with one attached hydrogen (secondary N) is 1. The van der Waals surface area contributed by atoms with Crippen LogP contribution in [-0.2, 0) is 4.74 Å². The highest BCUT2D eigenvalue weighted by molar-refractivity contribution is 4.78. The zero-order valence-electron chi connectivity index (χ0n) is 9.17. The molecule has 0 aromatic rings. The molecule has 2 saturated heterocycles. The third-order valence-corrected chi connectivity index (χ3v) is 3.19. The van der Waals surface area contributed by atoms with Crippen molar-refractivity contribution in [1.29, 1.82) is 0 Å². The van der Waals surface area contributed by atoms with E-state index in [-0.39, 0.29) is 0 Å². The largest absolute Gasteiger partial charge is 0.377 e. The van der Waals surface area contributed by atoms with E-state index in [1.807, 2.05) is 0 Å². The van der Waals surface area contributed by atoms with Gasteiger partial charge in [0.25, 0.3) is 0 Å². The Labute approximate surface area is 86.8 Å². The molecule has 2 rings (SSSR count). The summed E-state index contributed by atoms with van der Waals surface area (Å²) in [6, 6.07) is 0.646. The molecule has 2 atom stereocenters. The van der Waals surface area contributed by atoms with Gasteiger partial charge in [-0.15, -0.1) is 0 Å². The first kappa shape index (κ1) is 10.4. The van der Waals surface area contributed by atoms with Crippen LogP contribution in [0.2, 0.25) is 0 Å².